The molecule has 0 unspecified atom stereocenters. The first kappa shape index (κ1) is 22.5. The maximum absolute atomic E-state index is 13.6. The molecule has 2 aromatic heterocycles. The molecule has 170 valence electrons. The quantitative estimate of drug-likeness (QED) is 0.367. The van der Waals surface area contributed by atoms with Gasteiger partial charge in [-0.05, 0) is 47.5 Å². The number of oxazole rings is 1. The maximum Gasteiger partial charge on any atom is 0.245 e. The van der Waals surface area contributed by atoms with Crippen LogP contribution in [0.1, 0.15) is 11.1 Å². The zero-order chi connectivity index (χ0) is 23.3. The van der Waals surface area contributed by atoms with E-state index in [2.05, 4.69) is 9.97 Å². The molecule has 0 amide bonds. The third-order valence-corrected chi connectivity index (χ3v) is 6.84. The number of rotatable bonds is 9. The molecule has 0 bridgehead atoms. The van der Waals surface area contributed by atoms with Crippen LogP contribution in [-0.4, -0.2) is 36.9 Å². The number of aromatic nitrogens is 2. The highest BCUT2D eigenvalue weighted by Crippen LogP contribution is 2.24. The number of sulfonamides is 1. The van der Waals surface area contributed by atoms with Crippen LogP contribution in [-0.2, 0) is 23.1 Å². The maximum atomic E-state index is 13.6. The lowest BCUT2D eigenvalue weighted by Crippen LogP contribution is -2.30. The fraction of sp³-hybridized carbons (Fsp3) is 0.167. The molecule has 0 aliphatic heterocycles. The van der Waals surface area contributed by atoms with Crippen LogP contribution in [0.3, 0.4) is 0 Å². The van der Waals surface area contributed by atoms with Gasteiger partial charge in [-0.2, -0.15) is 4.31 Å². The van der Waals surface area contributed by atoms with Crippen molar-refractivity contribution in [3.63, 3.8) is 0 Å². The first-order valence-electron chi connectivity index (χ1n) is 10.1. The summed E-state index contributed by atoms with van der Waals surface area (Å²) in [4.78, 5) is 8.36. The van der Waals surface area contributed by atoms with Crippen LogP contribution in [0.2, 0.25) is 0 Å². The summed E-state index contributed by atoms with van der Waals surface area (Å²) in [5, 5.41) is 0. The van der Waals surface area contributed by atoms with Crippen LogP contribution < -0.4 is 9.47 Å². The average Bonchev–Trinajstić information content (AvgIpc) is 3.40. The topological polar surface area (TPSA) is 94.8 Å². The predicted molar refractivity (Wildman–Crippen MR) is 122 cm³/mol. The average molecular weight is 466 g/mol. The summed E-state index contributed by atoms with van der Waals surface area (Å²) in [6.07, 6.45) is 4.27. The van der Waals surface area contributed by atoms with Crippen molar-refractivity contribution in [2.24, 2.45) is 0 Å². The van der Waals surface area contributed by atoms with Crippen LogP contribution >= 0.6 is 0 Å². The Hall–Kier alpha value is -3.69. The lowest BCUT2D eigenvalue weighted by atomic mass is 10.2. The second kappa shape index (κ2) is 9.85. The molecule has 8 nitrogen and oxygen atoms in total. The Morgan fingerprint density at radius 2 is 1.39 bits per heavy atom. The van der Waals surface area contributed by atoms with Gasteiger partial charge in [-0.25, -0.2) is 18.4 Å². The standard InChI is InChI=1S/C24H23N3O5S/c1-30-20-7-3-18(4-8-20)16-27(17-19-5-9-21(31-2)10-6-19)33(28,29)22-11-12-23(26-15-22)24-25-13-14-32-24/h3-15H,16-17H2,1-2H3. The number of hydrogen-bond donors (Lipinski definition) is 0. The summed E-state index contributed by atoms with van der Waals surface area (Å²) in [5.41, 5.74) is 2.12. The molecule has 33 heavy (non-hydrogen) atoms. The zero-order valence-electron chi connectivity index (χ0n) is 18.2. The highest BCUT2D eigenvalue weighted by atomic mass is 32.2. The molecule has 0 saturated heterocycles. The molecule has 4 rings (SSSR count). The van der Waals surface area contributed by atoms with E-state index in [0.717, 1.165) is 11.1 Å². The van der Waals surface area contributed by atoms with Crippen LogP contribution in [0.4, 0.5) is 0 Å². The summed E-state index contributed by atoms with van der Waals surface area (Å²) in [6.45, 7) is 0.361. The van der Waals surface area contributed by atoms with Gasteiger partial charge >= 0.3 is 0 Å². The van der Waals surface area contributed by atoms with E-state index in [4.69, 9.17) is 13.9 Å². The van der Waals surface area contributed by atoms with E-state index in [-0.39, 0.29) is 18.0 Å². The number of hydrogen-bond acceptors (Lipinski definition) is 7. The fourth-order valence-corrected chi connectivity index (χ4v) is 4.62. The van der Waals surface area contributed by atoms with Gasteiger partial charge in [0.2, 0.25) is 15.9 Å². The zero-order valence-corrected chi connectivity index (χ0v) is 19.0. The number of pyridine rings is 1. The van der Waals surface area contributed by atoms with Crippen molar-refractivity contribution in [3.05, 3.63) is 90.4 Å². The molecule has 9 heteroatoms. The molecule has 2 aromatic carbocycles. The smallest absolute Gasteiger partial charge is 0.245 e. The lowest BCUT2D eigenvalue weighted by molar-refractivity contribution is 0.397. The molecule has 0 aliphatic rings. The van der Waals surface area contributed by atoms with Gasteiger partial charge in [0.15, 0.2) is 0 Å². The van der Waals surface area contributed by atoms with E-state index in [0.29, 0.717) is 23.1 Å². The monoisotopic (exact) mass is 465 g/mol. The molecule has 0 radical (unpaired) electrons. The van der Waals surface area contributed by atoms with E-state index in [9.17, 15) is 8.42 Å². The number of ether oxygens (including phenoxy) is 2. The fourth-order valence-electron chi connectivity index (χ4n) is 3.25. The van der Waals surface area contributed by atoms with Gasteiger partial charge < -0.3 is 13.9 Å². The van der Waals surface area contributed by atoms with E-state index >= 15 is 0 Å². The summed E-state index contributed by atoms with van der Waals surface area (Å²) in [7, 11) is -0.682. The van der Waals surface area contributed by atoms with Crippen molar-refractivity contribution in [1.29, 1.82) is 0 Å². The molecule has 0 atom stereocenters. The van der Waals surface area contributed by atoms with Crippen LogP contribution in [0.15, 0.2) is 88.6 Å². The third-order valence-electron chi connectivity index (χ3n) is 5.06. The van der Waals surface area contributed by atoms with E-state index in [1.54, 1.807) is 44.6 Å². The Labute approximate surface area is 192 Å². The van der Waals surface area contributed by atoms with Gasteiger partial charge in [-0.15, -0.1) is 0 Å². The van der Waals surface area contributed by atoms with Gasteiger partial charge in [-0.3, -0.25) is 0 Å². The van der Waals surface area contributed by atoms with Gasteiger partial charge in [0.1, 0.15) is 28.4 Å². The minimum Gasteiger partial charge on any atom is -0.497 e. The van der Waals surface area contributed by atoms with Crippen molar-refractivity contribution in [1.82, 2.24) is 14.3 Å². The molecule has 4 aromatic rings. The van der Waals surface area contributed by atoms with Crippen LogP contribution in [0, 0.1) is 0 Å². The van der Waals surface area contributed by atoms with Gasteiger partial charge in [0, 0.05) is 19.3 Å². The van der Waals surface area contributed by atoms with Gasteiger partial charge in [0.05, 0.1) is 20.4 Å². The summed E-state index contributed by atoms with van der Waals surface area (Å²) < 4.78 is 44.2. The highest BCUT2D eigenvalue weighted by Gasteiger charge is 2.26. The molecule has 2 heterocycles. The van der Waals surface area contributed by atoms with Crippen molar-refractivity contribution >= 4 is 10.0 Å². The van der Waals surface area contributed by atoms with E-state index in [1.807, 2.05) is 24.3 Å². The molecule has 0 fully saturated rings. The van der Waals surface area contributed by atoms with Gasteiger partial charge in [0.25, 0.3) is 0 Å². The normalized spacial score (nSPS) is 11.5. The molecular formula is C24H23N3O5S. The summed E-state index contributed by atoms with van der Waals surface area (Å²) >= 11 is 0. The van der Waals surface area contributed by atoms with Crippen LogP contribution in [0.5, 0.6) is 11.5 Å². The molecule has 0 aliphatic carbocycles. The third kappa shape index (κ3) is 5.21. The van der Waals surface area contributed by atoms with Gasteiger partial charge in [-0.1, -0.05) is 24.3 Å². The molecule has 0 saturated carbocycles. The number of nitrogens with zero attached hydrogens (tertiary/aromatic N) is 3. The van der Waals surface area contributed by atoms with Crippen molar-refractivity contribution in [2.45, 2.75) is 18.0 Å². The SMILES string of the molecule is COc1ccc(CN(Cc2ccc(OC)cc2)S(=O)(=O)c2ccc(-c3ncco3)nc2)cc1. The molecular weight excluding hydrogens is 442 g/mol. The predicted octanol–water partition coefficient (Wildman–Crippen LogP) is 4.14. The first-order chi connectivity index (χ1) is 16.0. The molecule has 0 N–H and O–H groups in total. The van der Waals surface area contributed by atoms with Crippen molar-refractivity contribution in [3.8, 4) is 23.1 Å². The van der Waals surface area contributed by atoms with Crippen molar-refractivity contribution in [2.75, 3.05) is 14.2 Å². The first-order valence-corrected chi connectivity index (χ1v) is 11.6. The number of benzene rings is 2. The van der Waals surface area contributed by atoms with Crippen molar-refractivity contribution < 1.29 is 22.3 Å². The Morgan fingerprint density at radius 1 is 0.818 bits per heavy atom. The second-order valence-corrected chi connectivity index (χ2v) is 9.12. The summed E-state index contributed by atoms with van der Waals surface area (Å²) in [6, 6.07) is 17.7. The summed E-state index contributed by atoms with van der Waals surface area (Å²) in [5.74, 6) is 1.73. The molecule has 0 spiro atoms. The second-order valence-electron chi connectivity index (χ2n) is 7.19. The lowest BCUT2D eigenvalue weighted by Gasteiger charge is -2.23. The highest BCUT2D eigenvalue weighted by molar-refractivity contribution is 7.89. The Balaban J connectivity index is 1.64. The minimum atomic E-state index is -3.86. The van der Waals surface area contributed by atoms with Crippen LogP contribution in [0.25, 0.3) is 11.6 Å². The Bertz CT molecular complexity index is 1220. The Morgan fingerprint density at radius 3 is 1.82 bits per heavy atom. The minimum absolute atomic E-state index is 0.0832. The number of methoxy groups -OCH3 is 2. The van der Waals surface area contributed by atoms with E-state index in [1.165, 1.54) is 29.0 Å². The van der Waals surface area contributed by atoms with E-state index < -0.39 is 10.0 Å². The largest absolute Gasteiger partial charge is 0.497 e. The Kier molecular flexibility index (Phi) is 6.71.